The first-order valence-corrected chi connectivity index (χ1v) is 18.3. The van der Waals surface area contributed by atoms with Gasteiger partial charge < -0.3 is 14.2 Å². The maximum Gasteiger partial charge on any atom is 0.137 e. The molecule has 10 aromatic rings. The van der Waals surface area contributed by atoms with Crippen molar-refractivity contribution < 1.29 is 4.42 Å². The molecule has 52 heavy (non-hydrogen) atoms. The summed E-state index contributed by atoms with van der Waals surface area (Å²) in [6.45, 7) is 0. The fourth-order valence-corrected chi connectivity index (χ4v) is 8.61. The first-order chi connectivity index (χ1) is 25.8. The summed E-state index contributed by atoms with van der Waals surface area (Å²) in [7, 11) is 0. The number of thiophene rings is 1. The molecule has 0 amide bonds. The minimum atomic E-state index is 0.843. The van der Waals surface area contributed by atoms with Crippen molar-refractivity contribution >= 4 is 87.6 Å². The maximum absolute atomic E-state index is 6.80. The molecule has 4 heteroatoms. The fraction of sp³-hybridized carbons (Fsp3) is 0. The van der Waals surface area contributed by atoms with Crippen molar-refractivity contribution in [2.75, 3.05) is 9.80 Å². The summed E-state index contributed by atoms with van der Waals surface area (Å²) in [5.41, 5.74) is 10.5. The molecule has 0 saturated heterocycles. The Morgan fingerprint density at radius 2 is 0.923 bits per heavy atom. The van der Waals surface area contributed by atoms with E-state index >= 15 is 0 Å². The molecule has 0 atom stereocenters. The zero-order valence-corrected chi connectivity index (χ0v) is 29.0. The van der Waals surface area contributed by atoms with Crippen LogP contribution in [0.3, 0.4) is 0 Å². The predicted molar refractivity (Wildman–Crippen MR) is 221 cm³/mol. The molecule has 246 valence electrons. The Balaban J connectivity index is 1.19. The first-order valence-electron chi connectivity index (χ1n) is 17.5. The molecule has 0 aliphatic rings. The van der Waals surface area contributed by atoms with Crippen LogP contribution in [0.15, 0.2) is 199 Å². The number of rotatable bonds is 7. The predicted octanol–water partition coefficient (Wildman–Crippen LogP) is 14.6. The highest BCUT2D eigenvalue weighted by atomic mass is 32.1. The number of furan rings is 1. The molecule has 0 fully saturated rings. The molecule has 0 saturated carbocycles. The maximum atomic E-state index is 6.80. The molecule has 0 bridgehead atoms. The largest absolute Gasteiger partial charge is 0.456 e. The number of hydrogen-bond donors (Lipinski definition) is 0. The van der Waals surface area contributed by atoms with Gasteiger partial charge in [0, 0.05) is 71.0 Å². The number of benzene rings is 8. The molecule has 0 aliphatic carbocycles. The van der Waals surface area contributed by atoms with Crippen molar-refractivity contribution in [2.45, 2.75) is 0 Å². The van der Waals surface area contributed by atoms with Gasteiger partial charge in [0.15, 0.2) is 0 Å². The summed E-state index contributed by atoms with van der Waals surface area (Å²) in [4.78, 5) is 4.67. The number of hydrogen-bond acceptors (Lipinski definition) is 4. The molecular weight excluding hydrogens is 653 g/mol. The fourth-order valence-electron chi connectivity index (χ4n) is 7.53. The zero-order valence-electron chi connectivity index (χ0n) is 28.2. The smallest absolute Gasteiger partial charge is 0.137 e. The van der Waals surface area contributed by atoms with E-state index in [4.69, 9.17) is 4.42 Å². The topological polar surface area (TPSA) is 19.6 Å². The summed E-state index contributed by atoms with van der Waals surface area (Å²) in [5, 5.41) is 4.73. The number of fused-ring (bicyclic) bond motifs is 6. The lowest BCUT2D eigenvalue weighted by atomic mass is 9.96. The van der Waals surface area contributed by atoms with Crippen LogP contribution in [0, 0.1) is 0 Å². The lowest BCUT2D eigenvalue weighted by Crippen LogP contribution is -2.11. The SMILES string of the molecule is c1ccc(-c2c(N(c3ccccc3)c3ccccc3)ccc3oc4cc(N(c5ccccc5)c5ccc6sc7ccccc7c6c5)ccc4c23)cc1. The lowest BCUT2D eigenvalue weighted by Gasteiger charge is -2.28. The molecule has 0 aliphatic heterocycles. The molecule has 0 radical (unpaired) electrons. The van der Waals surface area contributed by atoms with E-state index in [1.165, 1.54) is 20.2 Å². The molecule has 0 unspecified atom stereocenters. The van der Waals surface area contributed by atoms with Crippen LogP contribution in [0.25, 0.3) is 53.2 Å². The van der Waals surface area contributed by atoms with E-state index in [9.17, 15) is 0 Å². The normalized spacial score (nSPS) is 11.5. The van der Waals surface area contributed by atoms with Gasteiger partial charge >= 0.3 is 0 Å². The summed E-state index contributed by atoms with van der Waals surface area (Å²) in [6.07, 6.45) is 0. The molecule has 0 spiro atoms. The van der Waals surface area contributed by atoms with Crippen LogP contribution >= 0.6 is 11.3 Å². The van der Waals surface area contributed by atoms with Gasteiger partial charge in [-0.15, -0.1) is 11.3 Å². The van der Waals surface area contributed by atoms with Crippen LogP contribution in [0.1, 0.15) is 0 Å². The molecule has 2 aromatic heterocycles. The Morgan fingerprint density at radius 3 is 1.62 bits per heavy atom. The van der Waals surface area contributed by atoms with Crippen molar-refractivity contribution in [1.82, 2.24) is 0 Å². The molecule has 8 aromatic carbocycles. The van der Waals surface area contributed by atoms with Crippen molar-refractivity contribution in [3.8, 4) is 11.1 Å². The van der Waals surface area contributed by atoms with E-state index < -0.39 is 0 Å². The Hall–Kier alpha value is -6.62. The number of nitrogens with zero attached hydrogens (tertiary/aromatic N) is 2. The average molecular weight is 685 g/mol. The third-order valence-electron chi connectivity index (χ3n) is 9.82. The van der Waals surface area contributed by atoms with Crippen LogP contribution in [-0.4, -0.2) is 0 Å². The third-order valence-corrected chi connectivity index (χ3v) is 11.0. The van der Waals surface area contributed by atoms with Crippen LogP contribution in [0.4, 0.5) is 34.1 Å². The van der Waals surface area contributed by atoms with Crippen LogP contribution < -0.4 is 9.80 Å². The van der Waals surface area contributed by atoms with Crippen molar-refractivity contribution in [1.29, 1.82) is 0 Å². The second-order valence-corrected chi connectivity index (χ2v) is 14.0. The van der Waals surface area contributed by atoms with Gasteiger partial charge in [0.25, 0.3) is 0 Å². The van der Waals surface area contributed by atoms with Gasteiger partial charge in [0.05, 0.1) is 5.69 Å². The van der Waals surface area contributed by atoms with Gasteiger partial charge in [0.2, 0.25) is 0 Å². The Morgan fingerprint density at radius 1 is 0.365 bits per heavy atom. The second kappa shape index (κ2) is 12.6. The van der Waals surface area contributed by atoms with E-state index in [1.54, 1.807) is 0 Å². The standard InChI is InChI=1S/C48H32N2OS/c1-5-15-33(16-6-1)47-42(50(35-19-9-3-10-20-35)36-21-11-4-12-22-36)28-29-43-48(47)40-27-25-38(32-44(40)51-43)49(34-17-7-2-8-18-34)37-26-30-46-41(31-37)39-23-13-14-24-45(39)52-46/h1-32H. The van der Waals surface area contributed by atoms with Gasteiger partial charge in [0.1, 0.15) is 11.2 Å². The van der Waals surface area contributed by atoms with E-state index in [2.05, 4.69) is 204 Å². The van der Waals surface area contributed by atoms with E-state index in [0.717, 1.165) is 67.2 Å². The minimum Gasteiger partial charge on any atom is -0.456 e. The molecular formula is C48H32N2OS. The quantitative estimate of drug-likeness (QED) is 0.167. The highest BCUT2D eigenvalue weighted by Gasteiger charge is 2.23. The van der Waals surface area contributed by atoms with Gasteiger partial charge in [-0.25, -0.2) is 0 Å². The minimum absolute atomic E-state index is 0.843. The van der Waals surface area contributed by atoms with Crippen LogP contribution in [-0.2, 0) is 0 Å². The zero-order chi connectivity index (χ0) is 34.4. The Bertz CT molecular complexity index is 2810. The van der Waals surface area contributed by atoms with Crippen LogP contribution in [0.2, 0.25) is 0 Å². The number of anilines is 6. The second-order valence-electron chi connectivity index (χ2n) is 12.9. The number of para-hydroxylation sites is 3. The van der Waals surface area contributed by atoms with E-state index in [-0.39, 0.29) is 0 Å². The highest BCUT2D eigenvalue weighted by Crippen LogP contribution is 2.48. The lowest BCUT2D eigenvalue weighted by molar-refractivity contribution is 0.669. The van der Waals surface area contributed by atoms with E-state index in [1.807, 2.05) is 11.3 Å². The van der Waals surface area contributed by atoms with Gasteiger partial charge in [-0.3, -0.25) is 0 Å². The molecule has 2 heterocycles. The van der Waals surface area contributed by atoms with Crippen LogP contribution in [0.5, 0.6) is 0 Å². The average Bonchev–Trinajstić information content (AvgIpc) is 3.77. The van der Waals surface area contributed by atoms with Gasteiger partial charge in [-0.2, -0.15) is 0 Å². The molecule has 0 N–H and O–H groups in total. The molecule has 3 nitrogen and oxygen atoms in total. The third kappa shape index (κ3) is 5.12. The highest BCUT2D eigenvalue weighted by molar-refractivity contribution is 7.25. The van der Waals surface area contributed by atoms with Crippen molar-refractivity contribution in [2.24, 2.45) is 0 Å². The first kappa shape index (κ1) is 30.2. The van der Waals surface area contributed by atoms with Crippen molar-refractivity contribution in [3.63, 3.8) is 0 Å². The van der Waals surface area contributed by atoms with Gasteiger partial charge in [-0.05, 0) is 90.5 Å². The van der Waals surface area contributed by atoms with Gasteiger partial charge in [-0.1, -0.05) is 103 Å². The summed E-state index contributed by atoms with van der Waals surface area (Å²) >= 11 is 1.84. The summed E-state index contributed by atoms with van der Waals surface area (Å²) in [6, 6.07) is 68.9. The monoisotopic (exact) mass is 684 g/mol. The Kier molecular flexibility index (Phi) is 7.33. The summed E-state index contributed by atoms with van der Waals surface area (Å²) < 4.78 is 9.38. The Labute approximate surface area is 305 Å². The summed E-state index contributed by atoms with van der Waals surface area (Å²) in [5.74, 6) is 0. The van der Waals surface area contributed by atoms with Crippen molar-refractivity contribution in [3.05, 3.63) is 194 Å². The van der Waals surface area contributed by atoms with E-state index in [0.29, 0.717) is 0 Å². The molecule has 10 rings (SSSR count).